The van der Waals surface area contributed by atoms with Crippen molar-refractivity contribution in [1.82, 2.24) is 0 Å². The van der Waals surface area contributed by atoms with Crippen LogP contribution in [0.1, 0.15) is 12.0 Å². The van der Waals surface area contributed by atoms with Crippen molar-refractivity contribution < 1.29 is 13.9 Å². The number of anilines is 1. The molecule has 0 fully saturated rings. The van der Waals surface area contributed by atoms with Crippen LogP contribution in [0.5, 0.6) is 5.75 Å². The van der Waals surface area contributed by atoms with Crippen LogP contribution in [0.4, 0.5) is 13.8 Å². The molecule has 0 unspecified atom stereocenters. The lowest BCUT2D eigenvalue weighted by Crippen LogP contribution is -1.83. The summed E-state index contributed by atoms with van der Waals surface area (Å²) in [6.07, 6.45) is -2.66. The molecule has 1 heterocycles. The Morgan fingerprint density at radius 3 is 2.64 bits per heavy atom. The molecule has 3 N–H and O–H groups in total. The van der Waals surface area contributed by atoms with Crippen molar-refractivity contribution in [2.24, 2.45) is 0 Å². The normalized spacial score (nSPS) is 11.4. The largest absolute Gasteiger partial charge is 0.507 e. The van der Waals surface area contributed by atoms with Crippen LogP contribution in [0.25, 0.3) is 10.1 Å². The van der Waals surface area contributed by atoms with E-state index >= 15 is 0 Å². The van der Waals surface area contributed by atoms with Gasteiger partial charge in [0.25, 0.3) is 6.43 Å². The van der Waals surface area contributed by atoms with Crippen molar-refractivity contribution in [3.63, 3.8) is 0 Å². The second kappa shape index (κ2) is 3.09. The lowest BCUT2D eigenvalue weighted by Gasteiger charge is -2.02. The minimum atomic E-state index is -2.66. The predicted molar refractivity (Wildman–Crippen MR) is 52.9 cm³/mol. The van der Waals surface area contributed by atoms with E-state index in [0.717, 1.165) is 0 Å². The summed E-state index contributed by atoms with van der Waals surface area (Å²) in [5.41, 5.74) is 5.17. The van der Waals surface area contributed by atoms with Gasteiger partial charge in [-0.2, -0.15) is 0 Å². The Labute approximate surface area is 82.6 Å². The van der Waals surface area contributed by atoms with Gasteiger partial charge in [0.1, 0.15) is 5.75 Å². The van der Waals surface area contributed by atoms with Gasteiger partial charge in [0.15, 0.2) is 0 Å². The van der Waals surface area contributed by atoms with Gasteiger partial charge in [-0.15, -0.1) is 11.3 Å². The summed E-state index contributed by atoms with van der Waals surface area (Å²) in [7, 11) is 0. The maximum absolute atomic E-state index is 12.4. The van der Waals surface area contributed by atoms with E-state index in [0.29, 0.717) is 15.1 Å². The molecule has 1 aromatic carbocycles. The molecule has 74 valence electrons. The molecule has 0 aliphatic carbocycles. The third kappa shape index (κ3) is 1.39. The maximum Gasteiger partial charge on any atom is 0.267 e. The van der Waals surface area contributed by atoms with Gasteiger partial charge < -0.3 is 10.8 Å². The highest BCUT2D eigenvalue weighted by atomic mass is 32.1. The summed E-state index contributed by atoms with van der Waals surface area (Å²) in [6, 6.07) is 4.23. The average Bonchev–Trinajstić information content (AvgIpc) is 2.42. The Morgan fingerprint density at radius 1 is 1.29 bits per heavy atom. The van der Waals surface area contributed by atoms with Crippen LogP contribution in [0.15, 0.2) is 18.2 Å². The van der Waals surface area contributed by atoms with Crippen LogP contribution in [0, 0.1) is 0 Å². The fourth-order valence-corrected chi connectivity index (χ4v) is 2.15. The lowest BCUT2D eigenvalue weighted by molar-refractivity contribution is 0.147. The fraction of sp³-hybridized carbons (Fsp3) is 0.111. The van der Waals surface area contributed by atoms with Crippen LogP contribution in [-0.2, 0) is 0 Å². The van der Waals surface area contributed by atoms with Gasteiger partial charge in [0.05, 0.1) is 10.6 Å². The van der Waals surface area contributed by atoms with Crippen LogP contribution < -0.4 is 5.73 Å². The zero-order valence-corrected chi connectivity index (χ0v) is 7.81. The van der Waals surface area contributed by atoms with Crippen molar-refractivity contribution in [1.29, 1.82) is 0 Å². The minimum absolute atomic E-state index is 0.348. The average molecular weight is 215 g/mol. The highest BCUT2D eigenvalue weighted by molar-refractivity contribution is 7.22. The van der Waals surface area contributed by atoms with Gasteiger partial charge in [-0.1, -0.05) is 0 Å². The number of aromatic hydroxyl groups is 1. The third-order valence-electron chi connectivity index (χ3n) is 1.92. The van der Waals surface area contributed by atoms with Crippen molar-refractivity contribution in [2.75, 3.05) is 5.73 Å². The predicted octanol–water partition coefficient (Wildman–Crippen LogP) is 3.13. The third-order valence-corrected chi connectivity index (χ3v) is 2.85. The van der Waals surface area contributed by atoms with E-state index < -0.39 is 6.43 Å². The van der Waals surface area contributed by atoms with Gasteiger partial charge >= 0.3 is 0 Å². The number of nitrogens with two attached hydrogens (primary N) is 1. The van der Waals surface area contributed by atoms with Crippen LogP contribution >= 0.6 is 11.3 Å². The van der Waals surface area contributed by atoms with E-state index in [1.54, 1.807) is 6.07 Å². The van der Waals surface area contributed by atoms with Gasteiger partial charge in [0.2, 0.25) is 0 Å². The first-order valence-corrected chi connectivity index (χ1v) is 4.69. The van der Waals surface area contributed by atoms with Crippen LogP contribution in [0.3, 0.4) is 0 Å². The van der Waals surface area contributed by atoms with Crippen LogP contribution in [0.2, 0.25) is 0 Å². The second-order valence-electron chi connectivity index (χ2n) is 2.90. The molecule has 0 spiro atoms. The molecule has 5 heteroatoms. The summed E-state index contributed by atoms with van der Waals surface area (Å²) in [5, 5.41) is 10.5. The van der Waals surface area contributed by atoms with Gasteiger partial charge in [0, 0.05) is 4.70 Å². The van der Waals surface area contributed by atoms with Crippen molar-refractivity contribution in [3.8, 4) is 5.75 Å². The number of rotatable bonds is 1. The molecule has 0 aliphatic heterocycles. The molecule has 2 rings (SSSR count). The SMILES string of the molecule is Nc1cc2cc(O)c(C(F)F)cc2s1. The number of phenolic OH excluding ortho intramolecular Hbond substituents is 1. The number of nitrogen functional groups attached to an aromatic ring is 1. The van der Waals surface area contributed by atoms with Crippen molar-refractivity contribution in [2.45, 2.75) is 6.43 Å². The number of benzene rings is 1. The number of hydrogen-bond donors (Lipinski definition) is 2. The highest BCUT2D eigenvalue weighted by Gasteiger charge is 2.14. The summed E-state index contributed by atoms with van der Waals surface area (Å²) in [6.45, 7) is 0. The first kappa shape index (κ1) is 9.21. The highest BCUT2D eigenvalue weighted by Crippen LogP contribution is 2.36. The molecule has 0 atom stereocenters. The summed E-state index contributed by atoms with van der Waals surface area (Å²) < 4.78 is 25.4. The number of phenols is 1. The van der Waals surface area contributed by atoms with E-state index in [4.69, 9.17) is 5.73 Å². The number of halogens is 2. The molecule has 0 radical (unpaired) electrons. The molecule has 0 saturated carbocycles. The maximum atomic E-state index is 12.4. The fourth-order valence-electron chi connectivity index (χ4n) is 1.29. The number of hydrogen-bond acceptors (Lipinski definition) is 3. The first-order valence-electron chi connectivity index (χ1n) is 3.88. The molecule has 2 nitrogen and oxygen atoms in total. The molecular weight excluding hydrogens is 208 g/mol. The lowest BCUT2D eigenvalue weighted by atomic mass is 10.1. The molecule has 0 amide bonds. The second-order valence-corrected chi connectivity index (χ2v) is 4.01. The molecule has 0 aliphatic rings. The first-order chi connectivity index (χ1) is 6.58. The van der Waals surface area contributed by atoms with Gasteiger partial charge in [-0.05, 0) is 23.6 Å². The minimum Gasteiger partial charge on any atom is -0.507 e. The molecule has 0 saturated heterocycles. The summed E-state index contributed by atoms with van der Waals surface area (Å²) in [4.78, 5) is 0. The quantitative estimate of drug-likeness (QED) is 0.767. The van der Waals surface area contributed by atoms with E-state index in [1.807, 2.05) is 0 Å². The van der Waals surface area contributed by atoms with Crippen LogP contribution in [-0.4, -0.2) is 5.11 Å². The van der Waals surface area contributed by atoms with E-state index in [1.165, 1.54) is 23.5 Å². The number of thiophene rings is 1. The molecule has 14 heavy (non-hydrogen) atoms. The molecular formula is C9H7F2NOS. The van der Waals surface area contributed by atoms with E-state index in [9.17, 15) is 13.9 Å². The Bertz CT molecular complexity index is 481. The summed E-state index contributed by atoms with van der Waals surface area (Å²) >= 11 is 1.23. The zero-order chi connectivity index (χ0) is 10.3. The number of fused-ring (bicyclic) bond motifs is 1. The smallest absolute Gasteiger partial charge is 0.267 e. The Morgan fingerprint density at radius 2 is 2.00 bits per heavy atom. The monoisotopic (exact) mass is 215 g/mol. The Kier molecular flexibility index (Phi) is 2.03. The zero-order valence-electron chi connectivity index (χ0n) is 7.00. The molecule has 2 aromatic rings. The topological polar surface area (TPSA) is 46.2 Å². The van der Waals surface area contributed by atoms with Crippen molar-refractivity contribution >= 4 is 26.4 Å². The van der Waals surface area contributed by atoms with E-state index in [2.05, 4.69) is 0 Å². The summed E-state index contributed by atoms with van der Waals surface area (Å²) in [5.74, 6) is -0.384. The van der Waals surface area contributed by atoms with Gasteiger partial charge in [-0.25, -0.2) is 8.78 Å². The standard InChI is InChI=1S/C9H7F2NOS/c10-9(11)5-3-7-4(1-6(5)13)2-8(12)14-7/h1-3,9,13H,12H2. The molecule has 0 bridgehead atoms. The number of alkyl halides is 2. The molecule has 1 aromatic heterocycles. The van der Waals surface area contributed by atoms with Gasteiger partial charge in [-0.3, -0.25) is 0 Å². The Hall–Kier alpha value is -1.36. The van der Waals surface area contributed by atoms with Crippen molar-refractivity contribution in [3.05, 3.63) is 23.8 Å². The Balaban J connectivity index is 2.70. The van der Waals surface area contributed by atoms with E-state index in [-0.39, 0.29) is 11.3 Å².